The summed E-state index contributed by atoms with van der Waals surface area (Å²) in [5.41, 5.74) is 3.82. The van der Waals surface area contributed by atoms with E-state index in [0.717, 1.165) is 18.7 Å². The molecule has 0 aliphatic carbocycles. The molecule has 1 aliphatic heterocycles. The summed E-state index contributed by atoms with van der Waals surface area (Å²) in [7, 11) is 1.72. The Labute approximate surface area is 149 Å². The van der Waals surface area contributed by atoms with Crippen LogP contribution in [-0.4, -0.2) is 13.7 Å². The lowest BCUT2D eigenvalue weighted by Gasteiger charge is -2.41. The van der Waals surface area contributed by atoms with E-state index >= 15 is 0 Å². The molecule has 126 valence electrons. The van der Waals surface area contributed by atoms with E-state index in [1.165, 1.54) is 23.2 Å². The first-order chi connectivity index (χ1) is 12.3. The number of ether oxygens (including phenoxy) is 1. The van der Waals surface area contributed by atoms with E-state index in [0.29, 0.717) is 0 Å². The number of rotatable bonds is 4. The summed E-state index contributed by atoms with van der Waals surface area (Å²) in [6, 6.07) is 30.2. The molecule has 1 fully saturated rings. The van der Waals surface area contributed by atoms with Gasteiger partial charge in [0.25, 0.3) is 0 Å². The topological polar surface area (TPSA) is 12.5 Å². The predicted octanol–water partition coefficient (Wildman–Crippen LogP) is 5.24. The summed E-state index contributed by atoms with van der Waals surface area (Å²) >= 11 is 0. The van der Waals surface area contributed by atoms with Crippen LogP contribution in [0.4, 0.5) is 5.69 Å². The molecule has 0 amide bonds. The van der Waals surface area contributed by atoms with Crippen LogP contribution in [0.25, 0.3) is 0 Å². The van der Waals surface area contributed by atoms with Gasteiger partial charge < -0.3 is 9.64 Å². The van der Waals surface area contributed by atoms with Gasteiger partial charge in [0.2, 0.25) is 0 Å². The van der Waals surface area contributed by atoms with Crippen LogP contribution in [0.1, 0.15) is 24.0 Å². The largest absolute Gasteiger partial charge is 0.497 e. The quantitative estimate of drug-likeness (QED) is 0.649. The second kappa shape index (κ2) is 6.64. The maximum absolute atomic E-state index is 5.37. The molecule has 1 heterocycles. The third kappa shape index (κ3) is 2.68. The van der Waals surface area contributed by atoms with Crippen LogP contribution in [0, 0.1) is 0 Å². The number of methoxy groups -OCH3 is 1. The van der Waals surface area contributed by atoms with E-state index in [2.05, 4.69) is 89.8 Å². The summed E-state index contributed by atoms with van der Waals surface area (Å²) in [4.78, 5) is 2.56. The molecular formula is C23H23NO. The molecule has 0 spiro atoms. The average molecular weight is 329 g/mol. The Morgan fingerprint density at radius 2 is 1.36 bits per heavy atom. The van der Waals surface area contributed by atoms with Crippen LogP contribution in [0.2, 0.25) is 0 Å². The smallest absolute Gasteiger partial charge is 0.118 e. The molecule has 2 heteroatoms. The van der Waals surface area contributed by atoms with E-state index in [9.17, 15) is 0 Å². The molecule has 3 aromatic rings. The van der Waals surface area contributed by atoms with Crippen molar-refractivity contribution in [2.45, 2.75) is 18.4 Å². The van der Waals surface area contributed by atoms with Crippen LogP contribution in [0.3, 0.4) is 0 Å². The monoisotopic (exact) mass is 329 g/mol. The fourth-order valence-corrected chi connectivity index (χ4v) is 4.12. The molecular weight excluding hydrogens is 306 g/mol. The average Bonchev–Trinajstić information content (AvgIpc) is 3.15. The second-order valence-corrected chi connectivity index (χ2v) is 6.55. The van der Waals surface area contributed by atoms with E-state index < -0.39 is 0 Å². The van der Waals surface area contributed by atoms with Gasteiger partial charge in [-0.25, -0.2) is 0 Å². The number of hydrogen-bond donors (Lipinski definition) is 0. The standard InChI is InChI=1S/C23H23NO/c1-25-22-15-13-20(14-16-22)23(19-9-4-2-5-10-19)17-8-18-24(23)21-11-6-3-7-12-21/h2-7,9-16H,8,17-18H2,1H3. The second-order valence-electron chi connectivity index (χ2n) is 6.55. The molecule has 3 aromatic carbocycles. The molecule has 0 aromatic heterocycles. The van der Waals surface area contributed by atoms with E-state index in [-0.39, 0.29) is 5.54 Å². The fraction of sp³-hybridized carbons (Fsp3) is 0.217. The van der Waals surface area contributed by atoms with E-state index in [4.69, 9.17) is 4.74 Å². The van der Waals surface area contributed by atoms with Gasteiger partial charge in [-0.15, -0.1) is 0 Å². The first-order valence-electron chi connectivity index (χ1n) is 8.87. The van der Waals surface area contributed by atoms with Crippen molar-refractivity contribution in [2.75, 3.05) is 18.6 Å². The first kappa shape index (κ1) is 15.8. The predicted molar refractivity (Wildman–Crippen MR) is 103 cm³/mol. The lowest BCUT2D eigenvalue weighted by Crippen LogP contribution is -2.42. The molecule has 2 nitrogen and oxygen atoms in total. The van der Waals surface area contributed by atoms with Crippen molar-refractivity contribution in [2.24, 2.45) is 0 Å². The minimum absolute atomic E-state index is 0.130. The Balaban J connectivity index is 1.89. The Hall–Kier alpha value is -2.74. The van der Waals surface area contributed by atoms with Crippen LogP contribution < -0.4 is 9.64 Å². The van der Waals surface area contributed by atoms with Gasteiger partial charge in [-0.05, 0) is 48.2 Å². The zero-order valence-electron chi connectivity index (χ0n) is 14.6. The highest BCUT2D eigenvalue weighted by Gasteiger charge is 2.43. The number of para-hydroxylation sites is 1. The first-order valence-corrected chi connectivity index (χ1v) is 8.87. The van der Waals surface area contributed by atoms with E-state index in [1.807, 2.05) is 0 Å². The molecule has 1 atom stereocenters. The Morgan fingerprint density at radius 3 is 2.00 bits per heavy atom. The Morgan fingerprint density at radius 1 is 0.760 bits per heavy atom. The Bertz CT molecular complexity index is 814. The number of anilines is 1. The molecule has 0 saturated carbocycles. The summed E-state index contributed by atoms with van der Waals surface area (Å²) < 4.78 is 5.37. The normalized spacial score (nSPS) is 19.8. The maximum Gasteiger partial charge on any atom is 0.118 e. The minimum atomic E-state index is -0.130. The zero-order valence-corrected chi connectivity index (χ0v) is 14.6. The minimum Gasteiger partial charge on any atom is -0.497 e. The van der Waals surface area contributed by atoms with Crippen LogP contribution in [0.5, 0.6) is 5.75 Å². The van der Waals surface area contributed by atoms with Crippen molar-refractivity contribution < 1.29 is 4.74 Å². The number of benzene rings is 3. The van der Waals surface area contributed by atoms with Crippen molar-refractivity contribution in [3.05, 3.63) is 96.1 Å². The van der Waals surface area contributed by atoms with Crippen LogP contribution in [0.15, 0.2) is 84.9 Å². The summed E-state index contributed by atoms with van der Waals surface area (Å²) in [6.07, 6.45) is 2.29. The third-order valence-electron chi connectivity index (χ3n) is 5.27. The third-order valence-corrected chi connectivity index (χ3v) is 5.27. The van der Waals surface area contributed by atoms with Gasteiger partial charge in [0.15, 0.2) is 0 Å². The molecule has 4 rings (SSSR count). The van der Waals surface area contributed by atoms with Gasteiger partial charge in [0.1, 0.15) is 5.75 Å². The lowest BCUT2D eigenvalue weighted by atomic mass is 9.80. The van der Waals surface area contributed by atoms with Crippen LogP contribution >= 0.6 is 0 Å². The van der Waals surface area contributed by atoms with Gasteiger partial charge in [-0.2, -0.15) is 0 Å². The van der Waals surface area contributed by atoms with Crippen molar-refractivity contribution in [3.8, 4) is 5.75 Å². The summed E-state index contributed by atoms with van der Waals surface area (Å²) in [5, 5.41) is 0. The SMILES string of the molecule is COc1ccc(C2(c3ccccc3)CCCN2c2ccccc2)cc1. The summed E-state index contributed by atoms with van der Waals surface area (Å²) in [5.74, 6) is 0.899. The molecule has 1 aliphatic rings. The van der Waals surface area contributed by atoms with Crippen molar-refractivity contribution in [1.82, 2.24) is 0 Å². The highest BCUT2D eigenvalue weighted by atomic mass is 16.5. The highest BCUT2D eigenvalue weighted by molar-refractivity contribution is 5.58. The molecule has 1 saturated heterocycles. The molecule has 25 heavy (non-hydrogen) atoms. The van der Waals surface area contributed by atoms with Gasteiger partial charge in [-0.3, -0.25) is 0 Å². The van der Waals surface area contributed by atoms with Gasteiger partial charge >= 0.3 is 0 Å². The van der Waals surface area contributed by atoms with Crippen molar-refractivity contribution >= 4 is 5.69 Å². The van der Waals surface area contributed by atoms with Gasteiger partial charge in [0.05, 0.1) is 12.6 Å². The number of nitrogens with zero attached hydrogens (tertiary/aromatic N) is 1. The Kier molecular flexibility index (Phi) is 4.19. The van der Waals surface area contributed by atoms with E-state index in [1.54, 1.807) is 7.11 Å². The molecule has 0 bridgehead atoms. The highest BCUT2D eigenvalue weighted by Crippen LogP contribution is 2.47. The van der Waals surface area contributed by atoms with Gasteiger partial charge in [0, 0.05) is 12.2 Å². The van der Waals surface area contributed by atoms with Crippen molar-refractivity contribution in [1.29, 1.82) is 0 Å². The maximum atomic E-state index is 5.37. The van der Waals surface area contributed by atoms with Crippen molar-refractivity contribution in [3.63, 3.8) is 0 Å². The van der Waals surface area contributed by atoms with Gasteiger partial charge in [-0.1, -0.05) is 60.7 Å². The molecule has 1 unspecified atom stereocenters. The number of hydrogen-bond acceptors (Lipinski definition) is 2. The lowest BCUT2D eigenvalue weighted by molar-refractivity contribution is 0.414. The molecule has 0 N–H and O–H groups in total. The fourth-order valence-electron chi connectivity index (χ4n) is 4.12. The summed E-state index contributed by atoms with van der Waals surface area (Å²) in [6.45, 7) is 1.06. The van der Waals surface area contributed by atoms with Crippen LogP contribution in [-0.2, 0) is 5.54 Å². The zero-order chi connectivity index (χ0) is 17.1. The molecule has 0 radical (unpaired) electrons.